The Balaban J connectivity index is 1.45. The summed E-state index contributed by atoms with van der Waals surface area (Å²) < 4.78 is 0. The van der Waals surface area contributed by atoms with Gasteiger partial charge in [-0.15, -0.1) is 0 Å². The summed E-state index contributed by atoms with van der Waals surface area (Å²) in [6.07, 6.45) is 2.03. The van der Waals surface area contributed by atoms with Crippen LogP contribution in [0, 0.1) is 13.8 Å². The number of carbonyl (C=O) groups is 1. The van der Waals surface area contributed by atoms with Gasteiger partial charge in [-0.3, -0.25) is 4.79 Å². The number of benzene rings is 2. The molecule has 3 heteroatoms. The number of rotatable bonds is 2. The van der Waals surface area contributed by atoms with E-state index in [-0.39, 0.29) is 5.91 Å². The van der Waals surface area contributed by atoms with Crippen LogP contribution in [0.25, 0.3) is 10.9 Å². The lowest BCUT2D eigenvalue weighted by atomic mass is 9.93. The highest BCUT2D eigenvalue weighted by molar-refractivity contribution is 5.94. The van der Waals surface area contributed by atoms with E-state index in [1.165, 1.54) is 27.7 Å². The molecule has 4 rings (SSSR count). The van der Waals surface area contributed by atoms with Gasteiger partial charge in [0.25, 0.3) is 5.91 Å². The second-order valence-corrected chi connectivity index (χ2v) is 7.25. The maximum atomic E-state index is 12.7. The van der Waals surface area contributed by atoms with E-state index in [9.17, 15) is 4.79 Å². The number of likely N-dealkylation sites (tertiary alicyclic amines) is 1. The lowest BCUT2D eigenvalue weighted by Crippen LogP contribution is -2.37. The van der Waals surface area contributed by atoms with Crippen molar-refractivity contribution >= 4 is 16.8 Å². The van der Waals surface area contributed by atoms with Crippen LogP contribution in [-0.2, 0) is 0 Å². The second-order valence-electron chi connectivity index (χ2n) is 7.25. The number of hydrogen-bond donors (Lipinski definition) is 1. The van der Waals surface area contributed by atoms with Crippen molar-refractivity contribution in [3.05, 3.63) is 70.9 Å². The Bertz CT molecular complexity index is 899. The van der Waals surface area contributed by atoms with E-state index in [2.05, 4.69) is 36.2 Å². The number of fused-ring (bicyclic) bond motifs is 1. The van der Waals surface area contributed by atoms with E-state index < -0.39 is 0 Å². The van der Waals surface area contributed by atoms with Crippen molar-refractivity contribution in [2.75, 3.05) is 13.1 Å². The van der Waals surface area contributed by atoms with Gasteiger partial charge < -0.3 is 9.88 Å². The van der Waals surface area contributed by atoms with Gasteiger partial charge in [0.05, 0.1) is 0 Å². The Morgan fingerprint density at radius 3 is 2.36 bits per heavy atom. The van der Waals surface area contributed by atoms with Crippen LogP contribution in [0.2, 0.25) is 0 Å². The van der Waals surface area contributed by atoms with Crippen LogP contribution >= 0.6 is 0 Å². The molecule has 0 aliphatic carbocycles. The summed E-state index contributed by atoms with van der Waals surface area (Å²) in [4.78, 5) is 18.2. The van der Waals surface area contributed by atoms with Crippen LogP contribution in [0.5, 0.6) is 0 Å². The average Bonchev–Trinajstić information content (AvgIpc) is 3.05. The maximum absolute atomic E-state index is 12.7. The van der Waals surface area contributed by atoms with E-state index in [0.29, 0.717) is 5.92 Å². The molecule has 128 valence electrons. The molecule has 1 aromatic heterocycles. The van der Waals surface area contributed by atoms with E-state index in [1.54, 1.807) is 0 Å². The molecule has 3 nitrogen and oxygen atoms in total. The van der Waals surface area contributed by atoms with E-state index in [4.69, 9.17) is 0 Å². The highest BCUT2D eigenvalue weighted by Crippen LogP contribution is 2.30. The first-order chi connectivity index (χ1) is 12.1. The Morgan fingerprint density at radius 2 is 1.64 bits per heavy atom. The highest BCUT2D eigenvalue weighted by atomic mass is 16.2. The minimum atomic E-state index is 0.158. The van der Waals surface area contributed by atoms with Gasteiger partial charge in [0.1, 0.15) is 0 Å². The molecular formula is C22H24N2O. The number of H-pyrrole nitrogens is 1. The predicted molar refractivity (Wildman–Crippen MR) is 102 cm³/mol. The number of aromatic nitrogens is 1. The zero-order chi connectivity index (χ0) is 17.4. The molecule has 1 saturated heterocycles. The van der Waals surface area contributed by atoms with E-state index in [0.717, 1.165) is 31.5 Å². The molecule has 1 aliphatic heterocycles. The molecular weight excluding hydrogens is 308 g/mol. The number of amides is 1. The molecule has 0 unspecified atom stereocenters. The van der Waals surface area contributed by atoms with Gasteiger partial charge >= 0.3 is 0 Å². The van der Waals surface area contributed by atoms with Crippen molar-refractivity contribution in [3.8, 4) is 0 Å². The van der Waals surface area contributed by atoms with Crippen molar-refractivity contribution < 1.29 is 4.79 Å². The van der Waals surface area contributed by atoms with Crippen LogP contribution in [-0.4, -0.2) is 28.9 Å². The predicted octanol–water partition coefficient (Wildman–Crippen LogP) is 4.80. The van der Waals surface area contributed by atoms with Crippen molar-refractivity contribution in [3.63, 3.8) is 0 Å². The van der Waals surface area contributed by atoms with Crippen molar-refractivity contribution in [1.29, 1.82) is 0 Å². The summed E-state index contributed by atoms with van der Waals surface area (Å²) in [6.45, 7) is 5.82. The molecule has 2 heterocycles. The zero-order valence-corrected chi connectivity index (χ0v) is 14.9. The average molecular weight is 332 g/mol. The summed E-state index contributed by atoms with van der Waals surface area (Å²) >= 11 is 0. The smallest absolute Gasteiger partial charge is 0.253 e. The summed E-state index contributed by atoms with van der Waals surface area (Å²) in [5, 5.41) is 1.29. The minimum Gasteiger partial charge on any atom is -0.358 e. The number of nitrogens with zero attached hydrogens (tertiary/aromatic N) is 1. The van der Waals surface area contributed by atoms with Gasteiger partial charge in [0.2, 0.25) is 0 Å². The molecule has 0 atom stereocenters. The third kappa shape index (κ3) is 3.19. The van der Waals surface area contributed by atoms with Crippen molar-refractivity contribution in [2.45, 2.75) is 32.6 Å². The number of hydrogen-bond acceptors (Lipinski definition) is 1. The molecule has 1 aliphatic rings. The number of piperidine rings is 1. The normalized spacial score (nSPS) is 15.7. The lowest BCUT2D eigenvalue weighted by molar-refractivity contribution is 0.0712. The van der Waals surface area contributed by atoms with Gasteiger partial charge in [-0.05, 0) is 62.4 Å². The number of aryl methyl sites for hydroxylation is 2. The standard InChI is InChI=1S/C22H24N2O/c1-15-3-6-18(7-4-15)22(25)24-11-9-17(10-12-24)21-14-19-13-16(2)5-8-20(19)23-21/h3-8,13-14,17,23H,9-12H2,1-2H3. The zero-order valence-electron chi connectivity index (χ0n) is 14.9. The molecule has 0 spiro atoms. The monoisotopic (exact) mass is 332 g/mol. The summed E-state index contributed by atoms with van der Waals surface area (Å²) in [6, 6.07) is 16.7. The SMILES string of the molecule is Cc1ccc(C(=O)N2CCC(c3cc4cc(C)ccc4[nH]3)CC2)cc1. The molecule has 0 radical (unpaired) electrons. The Labute approximate surface area is 148 Å². The molecule has 3 aromatic rings. The topological polar surface area (TPSA) is 36.1 Å². The Morgan fingerprint density at radius 1 is 0.960 bits per heavy atom. The fraction of sp³-hybridized carbons (Fsp3) is 0.318. The quantitative estimate of drug-likeness (QED) is 0.718. The van der Waals surface area contributed by atoms with Crippen LogP contribution in [0.15, 0.2) is 48.5 Å². The third-order valence-electron chi connectivity index (χ3n) is 5.32. The lowest BCUT2D eigenvalue weighted by Gasteiger charge is -2.31. The molecule has 1 fully saturated rings. The maximum Gasteiger partial charge on any atom is 0.253 e. The molecule has 2 aromatic carbocycles. The number of nitrogens with one attached hydrogen (secondary N) is 1. The van der Waals surface area contributed by atoms with E-state index >= 15 is 0 Å². The van der Waals surface area contributed by atoms with Crippen LogP contribution < -0.4 is 0 Å². The van der Waals surface area contributed by atoms with Crippen LogP contribution in [0.4, 0.5) is 0 Å². The minimum absolute atomic E-state index is 0.158. The van der Waals surface area contributed by atoms with Crippen molar-refractivity contribution in [2.24, 2.45) is 0 Å². The number of carbonyl (C=O) groups excluding carboxylic acids is 1. The molecule has 0 saturated carbocycles. The van der Waals surface area contributed by atoms with Gasteiger partial charge in [0.15, 0.2) is 0 Å². The van der Waals surface area contributed by atoms with Crippen LogP contribution in [0.3, 0.4) is 0 Å². The molecule has 1 amide bonds. The molecule has 25 heavy (non-hydrogen) atoms. The van der Waals surface area contributed by atoms with Gasteiger partial charge in [-0.25, -0.2) is 0 Å². The summed E-state index contributed by atoms with van der Waals surface area (Å²) in [5.41, 5.74) is 5.79. The van der Waals surface area contributed by atoms with Gasteiger partial charge in [-0.1, -0.05) is 29.3 Å². The number of aromatic amines is 1. The van der Waals surface area contributed by atoms with Crippen LogP contribution in [0.1, 0.15) is 45.9 Å². The second kappa shape index (κ2) is 6.40. The largest absolute Gasteiger partial charge is 0.358 e. The fourth-order valence-electron chi connectivity index (χ4n) is 3.77. The van der Waals surface area contributed by atoms with Crippen molar-refractivity contribution in [1.82, 2.24) is 9.88 Å². The third-order valence-corrected chi connectivity index (χ3v) is 5.32. The van der Waals surface area contributed by atoms with Gasteiger partial charge in [0, 0.05) is 35.8 Å². The van der Waals surface area contributed by atoms with E-state index in [1.807, 2.05) is 36.1 Å². The first-order valence-electron chi connectivity index (χ1n) is 9.05. The molecule has 1 N–H and O–H groups in total. The first-order valence-corrected chi connectivity index (χ1v) is 9.05. The first kappa shape index (κ1) is 15.9. The van der Waals surface area contributed by atoms with Gasteiger partial charge in [-0.2, -0.15) is 0 Å². The Hall–Kier alpha value is -2.55. The molecule has 0 bridgehead atoms. The summed E-state index contributed by atoms with van der Waals surface area (Å²) in [5.74, 6) is 0.667. The Kier molecular flexibility index (Phi) is 4.08. The fourth-order valence-corrected chi connectivity index (χ4v) is 3.77. The highest BCUT2D eigenvalue weighted by Gasteiger charge is 2.25. The summed E-state index contributed by atoms with van der Waals surface area (Å²) in [7, 11) is 0.